The first-order valence-electron chi connectivity index (χ1n) is 5.90. The summed E-state index contributed by atoms with van der Waals surface area (Å²) in [6.45, 7) is 3.33. The lowest BCUT2D eigenvalue weighted by atomic mass is 10.1. The van der Waals surface area contributed by atoms with Gasteiger partial charge in [0.2, 0.25) is 5.91 Å². The molecule has 0 heterocycles. The molecule has 0 aromatic heterocycles. The van der Waals surface area contributed by atoms with Gasteiger partial charge in [-0.1, -0.05) is 13.0 Å². The van der Waals surface area contributed by atoms with Crippen LogP contribution < -0.4 is 5.73 Å². The highest BCUT2D eigenvalue weighted by Gasteiger charge is 2.18. The SMILES string of the molecule is CCN(CCO)Cc1ccc(C(N)=O)cc1[N+](=O)[O-]. The number of benzene rings is 1. The molecule has 1 aromatic carbocycles. The molecular formula is C12H17N3O4. The minimum absolute atomic E-state index is 0.0129. The molecule has 0 saturated heterocycles. The molecule has 0 aliphatic carbocycles. The van der Waals surface area contributed by atoms with Gasteiger partial charge in [0.25, 0.3) is 5.69 Å². The highest BCUT2D eigenvalue weighted by atomic mass is 16.6. The molecule has 0 aliphatic heterocycles. The number of nitrogens with zero attached hydrogens (tertiary/aromatic N) is 2. The number of rotatable bonds is 7. The molecule has 0 atom stereocenters. The molecule has 104 valence electrons. The van der Waals surface area contributed by atoms with Crippen molar-refractivity contribution in [3.05, 3.63) is 39.4 Å². The van der Waals surface area contributed by atoms with Gasteiger partial charge in [-0.15, -0.1) is 0 Å². The third-order valence-electron chi connectivity index (χ3n) is 2.82. The van der Waals surface area contributed by atoms with E-state index in [0.29, 0.717) is 25.2 Å². The number of aliphatic hydroxyl groups excluding tert-OH is 1. The summed E-state index contributed by atoms with van der Waals surface area (Å²) >= 11 is 0. The molecule has 0 aliphatic rings. The third kappa shape index (κ3) is 4.01. The van der Waals surface area contributed by atoms with Gasteiger partial charge in [0.05, 0.1) is 11.5 Å². The Morgan fingerprint density at radius 3 is 2.68 bits per heavy atom. The molecule has 1 amide bonds. The predicted octanol–water partition coefficient (Wildman–Crippen LogP) is 0.508. The second-order valence-electron chi connectivity index (χ2n) is 4.06. The zero-order valence-corrected chi connectivity index (χ0v) is 10.7. The summed E-state index contributed by atoms with van der Waals surface area (Å²) in [6, 6.07) is 4.18. The number of aliphatic hydroxyl groups is 1. The smallest absolute Gasteiger partial charge is 0.274 e. The van der Waals surface area contributed by atoms with Crippen LogP contribution in [-0.2, 0) is 6.54 Å². The van der Waals surface area contributed by atoms with E-state index in [9.17, 15) is 14.9 Å². The largest absolute Gasteiger partial charge is 0.395 e. The van der Waals surface area contributed by atoms with Gasteiger partial charge in [0.15, 0.2) is 0 Å². The van der Waals surface area contributed by atoms with E-state index < -0.39 is 10.8 Å². The number of hydrogen-bond acceptors (Lipinski definition) is 5. The number of primary amides is 1. The van der Waals surface area contributed by atoms with Gasteiger partial charge in [-0.05, 0) is 12.6 Å². The van der Waals surface area contributed by atoms with Crippen LogP contribution in [0.15, 0.2) is 18.2 Å². The zero-order chi connectivity index (χ0) is 14.4. The summed E-state index contributed by atoms with van der Waals surface area (Å²) in [5.74, 6) is -0.697. The molecule has 0 unspecified atom stereocenters. The number of nitro benzene ring substituents is 1. The first-order chi connectivity index (χ1) is 8.99. The number of amides is 1. The Bertz CT molecular complexity index is 476. The fraction of sp³-hybridized carbons (Fsp3) is 0.417. The summed E-state index contributed by atoms with van der Waals surface area (Å²) in [4.78, 5) is 23.4. The van der Waals surface area contributed by atoms with E-state index in [1.807, 2.05) is 11.8 Å². The Hall–Kier alpha value is -1.99. The van der Waals surface area contributed by atoms with Crippen LogP contribution in [0.3, 0.4) is 0 Å². The van der Waals surface area contributed by atoms with Crippen LogP contribution in [0.1, 0.15) is 22.8 Å². The molecule has 0 radical (unpaired) electrons. The van der Waals surface area contributed by atoms with E-state index in [-0.39, 0.29) is 17.9 Å². The molecule has 1 aromatic rings. The summed E-state index contributed by atoms with van der Waals surface area (Å²) in [5, 5.41) is 19.9. The second kappa shape index (κ2) is 6.81. The van der Waals surface area contributed by atoms with Crippen molar-refractivity contribution < 1.29 is 14.8 Å². The Balaban J connectivity index is 3.06. The maximum atomic E-state index is 11.0. The predicted molar refractivity (Wildman–Crippen MR) is 69.7 cm³/mol. The van der Waals surface area contributed by atoms with E-state index in [1.54, 1.807) is 0 Å². The van der Waals surface area contributed by atoms with Crippen LogP contribution in [0.2, 0.25) is 0 Å². The lowest BCUT2D eigenvalue weighted by Crippen LogP contribution is -2.26. The minimum Gasteiger partial charge on any atom is -0.395 e. The van der Waals surface area contributed by atoms with Gasteiger partial charge in [0.1, 0.15) is 0 Å². The first kappa shape index (κ1) is 15.1. The number of likely N-dealkylation sites (N-methyl/N-ethyl adjacent to an activating group) is 1. The van der Waals surface area contributed by atoms with Crippen molar-refractivity contribution >= 4 is 11.6 Å². The van der Waals surface area contributed by atoms with Gasteiger partial charge in [-0.25, -0.2) is 0 Å². The first-order valence-corrected chi connectivity index (χ1v) is 5.90. The molecule has 1 rings (SSSR count). The van der Waals surface area contributed by atoms with Crippen molar-refractivity contribution in [2.75, 3.05) is 19.7 Å². The molecule has 0 spiro atoms. The highest BCUT2D eigenvalue weighted by molar-refractivity contribution is 5.93. The van der Waals surface area contributed by atoms with Crippen LogP contribution in [0, 0.1) is 10.1 Å². The molecule has 0 saturated carbocycles. The molecule has 7 heteroatoms. The number of carbonyl (C=O) groups excluding carboxylic acids is 1. The molecule has 0 fully saturated rings. The van der Waals surface area contributed by atoms with Crippen LogP contribution in [0.5, 0.6) is 0 Å². The summed E-state index contributed by atoms with van der Waals surface area (Å²) in [5.41, 5.74) is 5.57. The molecule has 0 bridgehead atoms. The molecule has 19 heavy (non-hydrogen) atoms. The average Bonchev–Trinajstić information content (AvgIpc) is 2.37. The lowest BCUT2D eigenvalue weighted by Gasteiger charge is -2.19. The molecule has 7 nitrogen and oxygen atoms in total. The van der Waals surface area contributed by atoms with Crippen molar-refractivity contribution in [3.8, 4) is 0 Å². The number of carbonyl (C=O) groups is 1. The Morgan fingerprint density at radius 1 is 1.53 bits per heavy atom. The van der Waals surface area contributed by atoms with E-state index in [0.717, 1.165) is 0 Å². The normalized spacial score (nSPS) is 10.7. The quantitative estimate of drug-likeness (QED) is 0.552. The highest BCUT2D eigenvalue weighted by Crippen LogP contribution is 2.21. The maximum absolute atomic E-state index is 11.0. The van der Waals surface area contributed by atoms with E-state index in [1.165, 1.54) is 18.2 Å². The second-order valence-corrected chi connectivity index (χ2v) is 4.06. The number of nitrogens with two attached hydrogens (primary N) is 1. The Morgan fingerprint density at radius 2 is 2.21 bits per heavy atom. The van der Waals surface area contributed by atoms with Gasteiger partial charge in [-0.3, -0.25) is 19.8 Å². The lowest BCUT2D eigenvalue weighted by molar-refractivity contribution is -0.385. The van der Waals surface area contributed by atoms with E-state index in [4.69, 9.17) is 10.8 Å². The average molecular weight is 267 g/mol. The Kier molecular flexibility index (Phi) is 5.40. The number of nitro groups is 1. The van der Waals surface area contributed by atoms with Gasteiger partial charge in [-0.2, -0.15) is 0 Å². The van der Waals surface area contributed by atoms with Crippen molar-refractivity contribution in [1.29, 1.82) is 0 Å². The minimum atomic E-state index is -0.697. The van der Waals surface area contributed by atoms with E-state index in [2.05, 4.69) is 0 Å². The topological polar surface area (TPSA) is 110 Å². The fourth-order valence-electron chi connectivity index (χ4n) is 1.75. The van der Waals surface area contributed by atoms with Crippen molar-refractivity contribution in [2.45, 2.75) is 13.5 Å². The third-order valence-corrected chi connectivity index (χ3v) is 2.82. The fourth-order valence-corrected chi connectivity index (χ4v) is 1.75. The van der Waals surface area contributed by atoms with Gasteiger partial charge in [0, 0.05) is 30.3 Å². The summed E-state index contributed by atoms with van der Waals surface area (Å²) in [7, 11) is 0. The zero-order valence-electron chi connectivity index (χ0n) is 10.7. The van der Waals surface area contributed by atoms with Crippen LogP contribution in [-0.4, -0.2) is 40.5 Å². The van der Waals surface area contributed by atoms with Crippen LogP contribution in [0.25, 0.3) is 0 Å². The van der Waals surface area contributed by atoms with Crippen LogP contribution >= 0.6 is 0 Å². The van der Waals surface area contributed by atoms with Crippen molar-refractivity contribution in [1.82, 2.24) is 4.90 Å². The van der Waals surface area contributed by atoms with Gasteiger partial charge >= 0.3 is 0 Å². The Labute approximate surface area is 110 Å². The van der Waals surface area contributed by atoms with Crippen LogP contribution in [0.4, 0.5) is 5.69 Å². The van der Waals surface area contributed by atoms with Crippen molar-refractivity contribution in [3.63, 3.8) is 0 Å². The monoisotopic (exact) mass is 267 g/mol. The number of hydrogen-bond donors (Lipinski definition) is 2. The molecule has 3 N–H and O–H groups in total. The van der Waals surface area contributed by atoms with Gasteiger partial charge < -0.3 is 10.8 Å². The maximum Gasteiger partial charge on any atom is 0.274 e. The van der Waals surface area contributed by atoms with E-state index >= 15 is 0 Å². The molecular weight excluding hydrogens is 250 g/mol. The standard InChI is InChI=1S/C12H17N3O4/c1-2-14(5-6-16)8-10-4-3-9(12(13)17)7-11(10)15(18)19/h3-4,7,16H,2,5-6,8H2,1H3,(H2,13,17). The summed E-state index contributed by atoms with van der Waals surface area (Å²) < 4.78 is 0. The summed E-state index contributed by atoms with van der Waals surface area (Å²) in [6.07, 6.45) is 0. The van der Waals surface area contributed by atoms with Crippen molar-refractivity contribution in [2.24, 2.45) is 5.73 Å².